The summed E-state index contributed by atoms with van der Waals surface area (Å²) in [4.78, 5) is 41.9. The van der Waals surface area contributed by atoms with Crippen molar-refractivity contribution < 1.29 is 122 Å². The van der Waals surface area contributed by atoms with Crippen LogP contribution in [0, 0.1) is 0 Å². The molecule has 0 saturated carbocycles. The first-order chi connectivity index (χ1) is 9.16. The number of aliphatic carboxylic acids is 2. The van der Waals surface area contributed by atoms with Gasteiger partial charge in [0, 0.05) is 25.9 Å². The Hall–Kier alpha value is 1.58. The van der Waals surface area contributed by atoms with Gasteiger partial charge in [0.2, 0.25) is 0 Å². The van der Waals surface area contributed by atoms with Gasteiger partial charge in [-0.3, -0.25) is 19.2 Å². The third kappa shape index (κ3) is 35.5. The van der Waals surface area contributed by atoms with Crippen LogP contribution in [0.5, 0.6) is 0 Å². The number of carbonyl (C=O) groups is 4. The quantitative estimate of drug-likeness (QED) is 0.203. The van der Waals surface area contributed by atoms with Crippen LogP contribution in [-0.4, -0.2) is 50.6 Å². The molecule has 0 spiro atoms. The van der Waals surface area contributed by atoms with E-state index in [1.165, 1.54) is 4.90 Å². The average molecular weight is 398 g/mol. The van der Waals surface area contributed by atoms with Crippen molar-refractivity contribution in [3.8, 4) is 0 Å². The van der Waals surface area contributed by atoms with Crippen LogP contribution in [0.4, 0.5) is 9.59 Å². The predicted molar refractivity (Wildman–Crippen MR) is 81.6 cm³/mol. The van der Waals surface area contributed by atoms with Crippen molar-refractivity contribution in [1.29, 1.82) is 0 Å². The minimum absolute atomic E-state index is 0. The second-order valence-electron chi connectivity index (χ2n) is 3.60. The van der Waals surface area contributed by atoms with Crippen LogP contribution < -0.4 is 94.4 Å². The number of carboxylic acid groups (broad SMARTS) is 2. The summed E-state index contributed by atoms with van der Waals surface area (Å²) in [5, 5.41) is 15.7. The Morgan fingerprint density at radius 1 is 0.870 bits per heavy atom. The van der Waals surface area contributed by atoms with Crippen molar-refractivity contribution >= 4 is 47.7 Å². The third-order valence-electron chi connectivity index (χ3n) is 1.91. The van der Waals surface area contributed by atoms with Crippen LogP contribution >= 0.6 is 25.3 Å². The number of thiol groups is 2. The largest absolute Gasteiger partial charge is 1.00 e. The van der Waals surface area contributed by atoms with Gasteiger partial charge in [-0.15, -0.1) is 0 Å². The second-order valence-corrected chi connectivity index (χ2v) is 4.43. The van der Waals surface area contributed by atoms with Crippen LogP contribution in [-0.2, 0) is 9.59 Å². The topological polar surface area (TPSA) is 138 Å². The molecular weight excluding hydrogens is 377 g/mol. The number of rotatable bonds is 8. The van der Waals surface area contributed by atoms with E-state index in [4.69, 9.17) is 15.0 Å². The molecule has 8 nitrogen and oxygen atoms in total. The smallest absolute Gasteiger partial charge is 1.00 e. The molecule has 0 aliphatic rings. The molecule has 2 amide bonds. The summed E-state index contributed by atoms with van der Waals surface area (Å²) >= 11 is 6.74. The van der Waals surface area contributed by atoms with Crippen molar-refractivity contribution in [3.63, 3.8) is 0 Å². The van der Waals surface area contributed by atoms with Crippen molar-refractivity contribution in [3.05, 3.63) is 0 Å². The van der Waals surface area contributed by atoms with Crippen LogP contribution in [0.1, 0.15) is 30.0 Å². The van der Waals surface area contributed by atoms with Crippen LogP contribution in [0.3, 0.4) is 0 Å². The van der Waals surface area contributed by atoms with Crippen molar-refractivity contribution in [1.82, 2.24) is 4.90 Å². The number of carbonyl (C=O) groups excluding carboxylic acids is 2. The first kappa shape index (κ1) is 35.6. The SMILES string of the molecule is NC(=O)S.O=C(O)CCCN(CCCC(=O)O)C(=O)S.[H-].[H-].[H-].[Na+].[Na+].[Na+]. The molecular formula is C10H21N2Na3O6S2. The van der Waals surface area contributed by atoms with Gasteiger partial charge in [0.15, 0.2) is 0 Å². The minimum atomic E-state index is -0.919. The number of hydrogen-bond acceptors (Lipinski definition) is 4. The standard InChI is InChI=1S/C9H15NO5S.CH3NOS.3Na.3H/c11-7(12)3-1-5-10(9(15)16)6-2-4-8(13)14;2-1(3)4;;;;;;/h1-6H2,(H,11,12)(H,13,14)(H,15,16);(H3,2,3,4);;;;;;/q;;3*+1;3*-1. The number of carboxylic acids is 2. The summed E-state index contributed by atoms with van der Waals surface area (Å²) in [6.45, 7) is 0.572. The van der Waals surface area contributed by atoms with Gasteiger partial charge in [-0.25, -0.2) is 0 Å². The summed E-state index contributed by atoms with van der Waals surface area (Å²) in [5.74, 6) is -1.84. The Morgan fingerprint density at radius 3 is 1.30 bits per heavy atom. The molecule has 0 heterocycles. The van der Waals surface area contributed by atoms with E-state index < -0.39 is 22.4 Å². The zero-order valence-electron chi connectivity index (χ0n) is 16.7. The molecule has 0 rings (SSSR count). The fraction of sp³-hybridized carbons (Fsp3) is 0.600. The van der Waals surface area contributed by atoms with Gasteiger partial charge >= 0.3 is 101 Å². The maximum atomic E-state index is 11.0. The average Bonchev–Trinajstić information content (AvgIpc) is 2.24. The summed E-state index contributed by atoms with van der Waals surface area (Å²) < 4.78 is 0. The van der Waals surface area contributed by atoms with Gasteiger partial charge in [-0.05, 0) is 12.8 Å². The van der Waals surface area contributed by atoms with Crippen LogP contribution in [0.2, 0.25) is 0 Å². The summed E-state index contributed by atoms with van der Waals surface area (Å²) in [5.41, 5.74) is 4.34. The first-order valence-electron chi connectivity index (χ1n) is 5.56. The molecule has 0 saturated heterocycles. The molecule has 0 radical (unpaired) electrons. The fourth-order valence-corrected chi connectivity index (χ4v) is 1.35. The number of amides is 2. The number of nitrogens with two attached hydrogens (primary N) is 1. The second kappa shape index (κ2) is 23.6. The molecule has 0 aliphatic carbocycles. The van der Waals surface area contributed by atoms with Gasteiger partial charge in [0.05, 0.1) is 0 Å². The Balaban J connectivity index is -0.0000000491. The Labute approximate surface area is 216 Å². The van der Waals surface area contributed by atoms with E-state index in [9.17, 15) is 14.4 Å². The summed E-state index contributed by atoms with van der Waals surface area (Å²) in [6, 6.07) is 0. The third-order valence-corrected chi connectivity index (χ3v) is 2.19. The molecule has 0 aliphatic heterocycles. The van der Waals surface area contributed by atoms with Gasteiger partial charge in [-0.1, -0.05) is 25.3 Å². The Morgan fingerprint density at radius 2 is 1.13 bits per heavy atom. The van der Waals surface area contributed by atoms with E-state index >= 15 is 0 Å². The van der Waals surface area contributed by atoms with E-state index in [-0.39, 0.29) is 119 Å². The predicted octanol–water partition coefficient (Wildman–Crippen LogP) is -7.59. The zero-order chi connectivity index (χ0) is 16.1. The van der Waals surface area contributed by atoms with Gasteiger partial charge in [0.25, 0.3) is 10.5 Å². The van der Waals surface area contributed by atoms with Crippen molar-refractivity contribution in [2.24, 2.45) is 5.73 Å². The Bertz CT molecular complexity index is 353. The van der Waals surface area contributed by atoms with E-state index in [2.05, 4.69) is 31.0 Å². The molecule has 0 unspecified atom stereocenters. The fourth-order valence-electron chi connectivity index (χ4n) is 1.15. The molecule has 0 fully saturated rings. The van der Waals surface area contributed by atoms with E-state index in [0.29, 0.717) is 12.8 Å². The van der Waals surface area contributed by atoms with Crippen molar-refractivity contribution in [2.45, 2.75) is 25.7 Å². The van der Waals surface area contributed by atoms with Crippen molar-refractivity contribution in [2.75, 3.05) is 13.1 Å². The minimum Gasteiger partial charge on any atom is -1.00 e. The maximum absolute atomic E-state index is 11.0. The monoisotopic (exact) mass is 398 g/mol. The number of nitrogens with zero attached hydrogens (tertiary/aromatic N) is 1. The Kier molecular flexibility index (Phi) is 36.5. The first-order valence-corrected chi connectivity index (χ1v) is 6.46. The molecule has 0 bridgehead atoms. The van der Waals surface area contributed by atoms with Crippen LogP contribution in [0.15, 0.2) is 0 Å². The van der Waals surface area contributed by atoms with E-state index in [1.54, 1.807) is 0 Å². The van der Waals surface area contributed by atoms with Gasteiger partial charge in [-0.2, -0.15) is 0 Å². The molecule has 122 valence electrons. The van der Waals surface area contributed by atoms with E-state index in [1.807, 2.05) is 0 Å². The maximum Gasteiger partial charge on any atom is 1.00 e. The normalized spacial score (nSPS) is 7.91. The number of hydrogen-bond donors (Lipinski definition) is 5. The number of primary amides is 1. The molecule has 4 N–H and O–H groups in total. The summed E-state index contributed by atoms with van der Waals surface area (Å²) in [7, 11) is 0. The molecule has 0 atom stereocenters. The van der Waals surface area contributed by atoms with Gasteiger partial charge < -0.3 is 25.1 Å². The summed E-state index contributed by atoms with van der Waals surface area (Å²) in [6.07, 6.45) is 0.649. The van der Waals surface area contributed by atoms with Gasteiger partial charge in [0.1, 0.15) is 0 Å². The molecule has 0 aromatic rings. The molecule has 23 heavy (non-hydrogen) atoms. The molecule has 13 heteroatoms. The zero-order valence-corrected chi connectivity index (χ0v) is 21.5. The van der Waals surface area contributed by atoms with Crippen LogP contribution in [0.25, 0.3) is 0 Å². The molecule has 0 aromatic carbocycles. The molecule has 0 aromatic heterocycles. The van der Waals surface area contributed by atoms with E-state index in [0.717, 1.165) is 0 Å².